The molecule has 0 aliphatic rings. The SMILES string of the molecule is CC(O)=[OH+].CC(O)=[OH+].CC(O)=[OH+].CC(O)=[OH+].[Cl][Ru]=[Ru][Cl]. The number of aliphatic carboxylic acids is 4. The van der Waals surface area contributed by atoms with Gasteiger partial charge in [-0.25, -0.2) is 0 Å². The topological polar surface area (TPSA) is 167 Å². The average Bonchev–Trinajstić information content (AvgIpc) is 2.13. The fourth-order valence-corrected chi connectivity index (χ4v) is 0. The van der Waals surface area contributed by atoms with E-state index in [-0.39, 0.29) is 26.1 Å². The Balaban J connectivity index is -0.0000000469. The Morgan fingerprint density at radius 3 is 0.650 bits per heavy atom. The summed E-state index contributed by atoms with van der Waals surface area (Å²) in [7, 11) is 10.4. The molecule has 20 heavy (non-hydrogen) atoms. The van der Waals surface area contributed by atoms with Gasteiger partial charge in [0.15, 0.2) is 0 Å². The molecular weight excluding hydrogens is 497 g/mol. The van der Waals surface area contributed by atoms with Crippen LogP contribution in [0.3, 0.4) is 0 Å². The molecule has 0 aliphatic carbocycles. The Morgan fingerprint density at radius 2 is 0.650 bits per heavy atom. The van der Waals surface area contributed by atoms with Crippen LogP contribution >= 0.6 is 19.4 Å². The van der Waals surface area contributed by atoms with Gasteiger partial charge in [-0.1, -0.05) is 0 Å². The van der Waals surface area contributed by atoms with E-state index in [9.17, 15) is 0 Å². The van der Waals surface area contributed by atoms with Crippen LogP contribution in [-0.4, -0.2) is 63.5 Å². The van der Waals surface area contributed by atoms with Gasteiger partial charge in [0.2, 0.25) is 0 Å². The third-order valence-electron chi connectivity index (χ3n) is 0.0179. The molecule has 8 nitrogen and oxygen atoms in total. The molecule has 0 aromatic heterocycles. The number of carboxylic acid groups (broad SMARTS) is 4. The van der Waals surface area contributed by atoms with Crippen LogP contribution in [0, 0.1) is 0 Å². The monoisotopic (exact) mass is 518 g/mol. The molecule has 0 aromatic rings. The molecule has 12 heteroatoms. The van der Waals surface area contributed by atoms with E-state index in [1.54, 1.807) is 0 Å². The van der Waals surface area contributed by atoms with Crippen LogP contribution in [0.2, 0.25) is 0 Å². The van der Waals surface area contributed by atoms with E-state index in [0.29, 0.717) is 0 Å². The Bertz CT molecular complexity index is 228. The molecule has 0 rings (SSSR count). The van der Waals surface area contributed by atoms with Crippen molar-refractivity contribution in [3.63, 3.8) is 0 Å². The van der Waals surface area contributed by atoms with Gasteiger partial charge in [-0.3, -0.25) is 0 Å². The van der Waals surface area contributed by atoms with Gasteiger partial charge >= 0.3 is 69.4 Å². The van der Waals surface area contributed by atoms with E-state index in [2.05, 4.69) is 0 Å². The summed E-state index contributed by atoms with van der Waals surface area (Å²) in [5, 5.41) is 30.1. The molecule has 0 radical (unpaired) electrons. The summed E-state index contributed by atoms with van der Waals surface area (Å²) >= 11 is 0.134. The van der Waals surface area contributed by atoms with Gasteiger partial charge in [-0.2, -0.15) is 0 Å². The number of rotatable bonds is 0. The number of hydrogen-bond donors (Lipinski definition) is 4. The van der Waals surface area contributed by atoms with Crippen molar-refractivity contribution < 1.29 is 65.7 Å². The van der Waals surface area contributed by atoms with Crippen LogP contribution in [0.1, 0.15) is 27.7 Å². The minimum absolute atomic E-state index is 0.0671. The minimum atomic E-state index is -0.583. The molecule has 0 aliphatic heterocycles. The van der Waals surface area contributed by atoms with E-state index in [1.165, 1.54) is 27.7 Å². The summed E-state index contributed by atoms with van der Waals surface area (Å²) < 4.78 is 0. The van der Waals surface area contributed by atoms with E-state index in [1.807, 2.05) is 0 Å². The van der Waals surface area contributed by atoms with Gasteiger partial charge in [0.25, 0.3) is 0 Å². The van der Waals surface area contributed by atoms with E-state index < -0.39 is 23.9 Å². The second-order valence-electron chi connectivity index (χ2n) is 2.28. The zero-order valence-corrected chi connectivity index (χ0v) is 16.0. The molecule has 0 amide bonds. The van der Waals surface area contributed by atoms with Crippen molar-refractivity contribution in [1.82, 2.24) is 0 Å². The maximum atomic E-state index is 7.53. The number of halogens is 2. The molecule has 0 spiro atoms. The van der Waals surface area contributed by atoms with Gasteiger partial charge in [-0.15, -0.1) is 0 Å². The molecule has 0 saturated heterocycles. The van der Waals surface area contributed by atoms with E-state index in [4.69, 9.17) is 59.0 Å². The molecule has 0 saturated carbocycles. The van der Waals surface area contributed by atoms with Crippen molar-refractivity contribution in [2.45, 2.75) is 27.7 Å². The summed E-state index contributed by atoms with van der Waals surface area (Å²) in [5.74, 6) is -2.33. The Kier molecular flexibility index (Phi) is 49.8. The molecule has 8 N–H and O–H groups in total. The first-order valence-corrected chi connectivity index (χ1v) is 12.9. The zero-order valence-electron chi connectivity index (χ0n) is 11.0. The number of aliphatic hydroxyl groups excluding tert-OH is 4. The molecule has 126 valence electrons. The predicted molar refractivity (Wildman–Crippen MR) is 72.7 cm³/mol. The van der Waals surface area contributed by atoms with E-state index >= 15 is 0 Å². The van der Waals surface area contributed by atoms with Crippen LogP contribution in [0.4, 0.5) is 0 Å². The average molecular weight is 517 g/mol. The second-order valence-corrected chi connectivity index (χ2v) is 12.1. The van der Waals surface area contributed by atoms with Crippen LogP contribution in [0.5, 0.6) is 0 Å². The second kappa shape index (κ2) is 31.2. The fourth-order valence-electron chi connectivity index (χ4n) is 0. The summed E-state index contributed by atoms with van der Waals surface area (Å²) in [4.78, 5) is 30.1. The molecule has 0 unspecified atom stereocenters. The van der Waals surface area contributed by atoms with Gasteiger partial charge in [0.05, 0.1) is 27.7 Å². The van der Waals surface area contributed by atoms with E-state index in [0.717, 1.165) is 0 Å². The molecule has 0 aromatic carbocycles. The van der Waals surface area contributed by atoms with Crippen molar-refractivity contribution in [2.75, 3.05) is 0 Å². The van der Waals surface area contributed by atoms with Gasteiger partial charge in [0.1, 0.15) is 0 Å². The standard InChI is InChI=1S/4C2H4O2.2ClH.2Ru/c4*1-2(3)4;;;;/h4*1H3,(H,3,4);2*1H;;/q;;;;;;2*+1/p+2. The van der Waals surface area contributed by atoms with Gasteiger partial charge in [-0.05, 0) is 0 Å². The summed E-state index contributed by atoms with van der Waals surface area (Å²) in [6.07, 6.45) is 0. The Hall–Kier alpha value is -0.293. The Morgan fingerprint density at radius 1 is 0.600 bits per heavy atom. The molecule has 0 atom stereocenters. The first-order valence-electron chi connectivity index (χ1n) is 4.18. The molecule has 0 fully saturated rings. The number of carboxylic acids is 4. The van der Waals surface area contributed by atoms with Crippen LogP contribution in [0.15, 0.2) is 0 Å². The molecule has 0 heterocycles. The predicted octanol–water partition coefficient (Wildman–Crippen LogP) is 1.64. The quantitative estimate of drug-likeness (QED) is 0.284. The molecule has 0 bridgehead atoms. The fraction of sp³-hybridized carbons (Fsp3) is 0.500. The summed E-state index contributed by atoms with van der Waals surface area (Å²) in [6.45, 7) is 4.78. The number of hydrogen-bond acceptors (Lipinski definition) is 0. The van der Waals surface area contributed by atoms with Gasteiger partial charge in [0, 0.05) is 0 Å². The zero-order chi connectivity index (χ0) is 17.7. The van der Waals surface area contributed by atoms with Crippen molar-refractivity contribution in [3.8, 4) is 0 Å². The third-order valence-corrected chi connectivity index (χ3v) is 5.62. The Labute approximate surface area is 136 Å². The summed E-state index contributed by atoms with van der Waals surface area (Å²) in [6, 6.07) is 0. The van der Waals surface area contributed by atoms with Crippen molar-refractivity contribution in [3.05, 3.63) is 0 Å². The first-order chi connectivity index (χ1) is 8.84. The van der Waals surface area contributed by atoms with Crippen molar-refractivity contribution >= 4 is 43.3 Å². The summed E-state index contributed by atoms with van der Waals surface area (Å²) in [5.41, 5.74) is 0. The van der Waals surface area contributed by atoms with Crippen LogP contribution < -0.4 is 0 Å². The van der Waals surface area contributed by atoms with Crippen LogP contribution in [-0.2, 0) is 26.1 Å². The normalized spacial score (nSPS) is 7.70. The molecular formula is C8H20Cl2O8Ru2+4. The van der Waals surface area contributed by atoms with Crippen molar-refractivity contribution in [1.29, 1.82) is 0 Å². The van der Waals surface area contributed by atoms with Crippen molar-refractivity contribution in [2.24, 2.45) is 0 Å². The third kappa shape index (κ3) is 9890. The van der Waals surface area contributed by atoms with Crippen LogP contribution in [0.25, 0.3) is 0 Å². The van der Waals surface area contributed by atoms with Gasteiger partial charge < -0.3 is 39.6 Å². The first kappa shape index (κ1) is 31.9. The maximum absolute atomic E-state index is 7.53.